The van der Waals surface area contributed by atoms with Crippen molar-refractivity contribution in [2.24, 2.45) is 5.73 Å². The summed E-state index contributed by atoms with van der Waals surface area (Å²) in [5, 5.41) is 3.58. The largest absolute Gasteiger partial charge is 0.326 e. The van der Waals surface area contributed by atoms with E-state index in [4.69, 9.17) is 5.73 Å². The Bertz CT molecular complexity index is 481. The van der Waals surface area contributed by atoms with Crippen molar-refractivity contribution in [2.75, 3.05) is 6.54 Å². The van der Waals surface area contributed by atoms with E-state index in [0.29, 0.717) is 6.04 Å². The summed E-state index contributed by atoms with van der Waals surface area (Å²) in [5.74, 6) is 0. The lowest BCUT2D eigenvalue weighted by Crippen LogP contribution is -2.37. The summed E-state index contributed by atoms with van der Waals surface area (Å²) in [6, 6.07) is 21.5. The van der Waals surface area contributed by atoms with Gasteiger partial charge in [0, 0.05) is 18.6 Å². The van der Waals surface area contributed by atoms with E-state index in [9.17, 15) is 0 Å². The van der Waals surface area contributed by atoms with E-state index in [-0.39, 0.29) is 6.04 Å². The summed E-state index contributed by atoms with van der Waals surface area (Å²) in [7, 11) is 0. The molecule has 2 nitrogen and oxygen atoms in total. The molecule has 2 atom stereocenters. The van der Waals surface area contributed by atoms with Crippen LogP contribution in [0.15, 0.2) is 60.7 Å². The molecule has 0 heterocycles. The third kappa shape index (κ3) is 4.48. The molecule has 106 valence electrons. The first-order valence-corrected chi connectivity index (χ1v) is 7.37. The van der Waals surface area contributed by atoms with Gasteiger partial charge >= 0.3 is 0 Å². The van der Waals surface area contributed by atoms with Gasteiger partial charge in [-0.2, -0.15) is 0 Å². The molecule has 0 saturated heterocycles. The van der Waals surface area contributed by atoms with Crippen LogP contribution in [0.25, 0.3) is 0 Å². The van der Waals surface area contributed by atoms with Gasteiger partial charge in [0.1, 0.15) is 0 Å². The third-order valence-corrected chi connectivity index (χ3v) is 3.58. The minimum absolute atomic E-state index is 0.148. The minimum atomic E-state index is 0.148. The van der Waals surface area contributed by atoms with Crippen molar-refractivity contribution in [3.63, 3.8) is 0 Å². The number of rotatable bonds is 7. The van der Waals surface area contributed by atoms with E-state index in [1.54, 1.807) is 0 Å². The summed E-state index contributed by atoms with van der Waals surface area (Å²) >= 11 is 0. The number of hydrogen-bond donors (Lipinski definition) is 2. The first kappa shape index (κ1) is 14.8. The lowest BCUT2D eigenvalue weighted by Gasteiger charge is -2.20. The second-order valence-electron chi connectivity index (χ2n) is 5.23. The standard InChI is InChI=1S/C18H24N2/c1-2-18(16-11-7-4-8-12-16)20-14-17(19)13-15-9-5-3-6-10-15/h3-12,17-18,20H,2,13-14,19H2,1H3. The number of nitrogens with one attached hydrogen (secondary N) is 1. The SMILES string of the molecule is CCC(NCC(N)Cc1ccccc1)c1ccccc1. The molecule has 0 spiro atoms. The van der Waals surface area contributed by atoms with Crippen molar-refractivity contribution in [3.05, 3.63) is 71.8 Å². The topological polar surface area (TPSA) is 38.0 Å². The molecule has 0 amide bonds. The number of nitrogens with two attached hydrogens (primary N) is 1. The van der Waals surface area contributed by atoms with Crippen LogP contribution in [0.1, 0.15) is 30.5 Å². The lowest BCUT2D eigenvalue weighted by atomic mass is 10.0. The highest BCUT2D eigenvalue weighted by Crippen LogP contribution is 2.15. The van der Waals surface area contributed by atoms with Crippen LogP contribution in [0.5, 0.6) is 0 Å². The maximum absolute atomic E-state index is 6.22. The molecule has 2 aromatic rings. The van der Waals surface area contributed by atoms with E-state index in [1.165, 1.54) is 11.1 Å². The van der Waals surface area contributed by atoms with Crippen molar-refractivity contribution < 1.29 is 0 Å². The molecule has 3 N–H and O–H groups in total. The Hall–Kier alpha value is -1.64. The van der Waals surface area contributed by atoms with Gasteiger partial charge < -0.3 is 11.1 Å². The fourth-order valence-electron chi connectivity index (χ4n) is 2.47. The predicted molar refractivity (Wildman–Crippen MR) is 85.6 cm³/mol. The number of benzene rings is 2. The van der Waals surface area contributed by atoms with Gasteiger partial charge in [-0.3, -0.25) is 0 Å². The van der Waals surface area contributed by atoms with Gasteiger partial charge in [-0.25, -0.2) is 0 Å². The Morgan fingerprint density at radius 3 is 2.15 bits per heavy atom. The molecule has 0 aliphatic heterocycles. The van der Waals surface area contributed by atoms with Gasteiger partial charge in [0.2, 0.25) is 0 Å². The molecule has 0 saturated carbocycles. The molecule has 0 bridgehead atoms. The van der Waals surface area contributed by atoms with Crippen molar-refractivity contribution in [1.82, 2.24) is 5.32 Å². The first-order chi connectivity index (χ1) is 9.79. The minimum Gasteiger partial charge on any atom is -0.326 e. The van der Waals surface area contributed by atoms with E-state index in [2.05, 4.69) is 66.8 Å². The van der Waals surface area contributed by atoms with Crippen LogP contribution >= 0.6 is 0 Å². The molecule has 20 heavy (non-hydrogen) atoms. The predicted octanol–water partition coefficient (Wildman–Crippen LogP) is 3.30. The molecule has 0 radical (unpaired) electrons. The molecule has 2 heteroatoms. The van der Waals surface area contributed by atoms with Gasteiger partial charge in [0.05, 0.1) is 0 Å². The summed E-state index contributed by atoms with van der Waals surface area (Å²) < 4.78 is 0. The maximum atomic E-state index is 6.22. The Labute approximate surface area is 122 Å². The average Bonchev–Trinajstić information content (AvgIpc) is 2.50. The average molecular weight is 268 g/mol. The molecule has 0 fully saturated rings. The van der Waals surface area contributed by atoms with E-state index >= 15 is 0 Å². The smallest absolute Gasteiger partial charge is 0.0318 e. The quantitative estimate of drug-likeness (QED) is 0.808. The first-order valence-electron chi connectivity index (χ1n) is 7.37. The number of hydrogen-bond acceptors (Lipinski definition) is 2. The molecule has 2 aromatic carbocycles. The monoisotopic (exact) mass is 268 g/mol. The molecule has 2 unspecified atom stereocenters. The fourth-order valence-corrected chi connectivity index (χ4v) is 2.47. The van der Waals surface area contributed by atoms with E-state index in [0.717, 1.165) is 19.4 Å². The fraction of sp³-hybridized carbons (Fsp3) is 0.333. The Morgan fingerprint density at radius 1 is 0.950 bits per heavy atom. The normalized spacial score (nSPS) is 13.9. The van der Waals surface area contributed by atoms with E-state index < -0.39 is 0 Å². The van der Waals surface area contributed by atoms with Gasteiger partial charge in [-0.1, -0.05) is 67.6 Å². The van der Waals surface area contributed by atoms with Crippen LogP contribution in [0, 0.1) is 0 Å². The summed E-state index contributed by atoms with van der Waals surface area (Å²) in [6.07, 6.45) is 1.99. The van der Waals surface area contributed by atoms with E-state index in [1.807, 2.05) is 6.07 Å². The van der Waals surface area contributed by atoms with Gasteiger partial charge in [0.25, 0.3) is 0 Å². The Balaban J connectivity index is 1.84. The zero-order valence-corrected chi connectivity index (χ0v) is 12.1. The van der Waals surface area contributed by atoms with Gasteiger partial charge in [0.15, 0.2) is 0 Å². The lowest BCUT2D eigenvalue weighted by molar-refractivity contribution is 0.479. The molecule has 0 aromatic heterocycles. The highest BCUT2D eigenvalue weighted by molar-refractivity contribution is 5.19. The van der Waals surface area contributed by atoms with Crippen molar-refractivity contribution >= 4 is 0 Å². The Kier molecular flexibility index (Phi) is 5.78. The summed E-state index contributed by atoms with van der Waals surface area (Å²) in [6.45, 7) is 3.04. The van der Waals surface area contributed by atoms with Crippen LogP contribution in [-0.2, 0) is 6.42 Å². The highest BCUT2D eigenvalue weighted by atomic mass is 14.9. The second-order valence-corrected chi connectivity index (χ2v) is 5.23. The zero-order chi connectivity index (χ0) is 14.2. The van der Waals surface area contributed by atoms with Crippen LogP contribution in [0.2, 0.25) is 0 Å². The molecule has 2 rings (SSSR count). The van der Waals surface area contributed by atoms with Crippen LogP contribution in [0.3, 0.4) is 0 Å². The zero-order valence-electron chi connectivity index (χ0n) is 12.1. The molecular weight excluding hydrogens is 244 g/mol. The Morgan fingerprint density at radius 2 is 1.55 bits per heavy atom. The molecule has 0 aliphatic carbocycles. The van der Waals surface area contributed by atoms with Gasteiger partial charge in [-0.15, -0.1) is 0 Å². The van der Waals surface area contributed by atoms with Crippen LogP contribution < -0.4 is 11.1 Å². The summed E-state index contributed by atoms with van der Waals surface area (Å²) in [5.41, 5.74) is 8.86. The highest BCUT2D eigenvalue weighted by Gasteiger charge is 2.10. The van der Waals surface area contributed by atoms with Crippen LogP contribution in [0.4, 0.5) is 0 Å². The molecular formula is C18H24N2. The van der Waals surface area contributed by atoms with Crippen molar-refractivity contribution in [3.8, 4) is 0 Å². The van der Waals surface area contributed by atoms with Crippen LogP contribution in [-0.4, -0.2) is 12.6 Å². The molecule has 0 aliphatic rings. The van der Waals surface area contributed by atoms with Crippen molar-refractivity contribution in [1.29, 1.82) is 0 Å². The second kappa shape index (κ2) is 7.83. The maximum Gasteiger partial charge on any atom is 0.0318 e. The van der Waals surface area contributed by atoms with Gasteiger partial charge in [-0.05, 0) is 24.0 Å². The third-order valence-electron chi connectivity index (χ3n) is 3.58. The van der Waals surface area contributed by atoms with Crippen molar-refractivity contribution in [2.45, 2.75) is 31.8 Å². The summed E-state index contributed by atoms with van der Waals surface area (Å²) in [4.78, 5) is 0.